The number of hydrogen-bond donors (Lipinski definition) is 2. The minimum Gasteiger partial charge on any atom is -0.468 e. The number of aryl methyl sites for hydroxylation is 1. The summed E-state index contributed by atoms with van der Waals surface area (Å²) in [5, 5.41) is 2.35. The van der Waals surface area contributed by atoms with Crippen molar-refractivity contribution in [3.63, 3.8) is 0 Å². The molecule has 2 aromatic rings. The molecule has 0 aliphatic rings. The Bertz CT molecular complexity index is 927. The van der Waals surface area contributed by atoms with E-state index >= 15 is 0 Å². The molecular weight excluding hydrogens is 363 g/mol. The molecule has 138 valence electrons. The van der Waals surface area contributed by atoms with Gasteiger partial charge in [-0.2, -0.15) is 0 Å². The molecule has 0 unspecified atom stereocenters. The van der Waals surface area contributed by atoms with Crippen LogP contribution in [0.3, 0.4) is 0 Å². The molecule has 0 atom stereocenters. The van der Waals surface area contributed by atoms with Gasteiger partial charge in [0, 0.05) is 11.3 Å². The molecule has 9 heteroatoms. The Morgan fingerprint density at radius 3 is 2.38 bits per heavy atom. The van der Waals surface area contributed by atoms with Crippen molar-refractivity contribution < 1.29 is 27.1 Å². The first-order valence-electron chi connectivity index (χ1n) is 7.47. The molecule has 7 nitrogen and oxygen atoms in total. The van der Waals surface area contributed by atoms with Gasteiger partial charge in [-0.25, -0.2) is 12.8 Å². The van der Waals surface area contributed by atoms with E-state index in [-0.39, 0.29) is 22.7 Å². The third-order valence-electron chi connectivity index (χ3n) is 3.48. The number of methoxy groups -OCH3 is 1. The van der Waals surface area contributed by atoms with Crippen molar-refractivity contribution in [2.24, 2.45) is 0 Å². The van der Waals surface area contributed by atoms with Gasteiger partial charge in [-0.15, -0.1) is 0 Å². The van der Waals surface area contributed by atoms with E-state index in [1.807, 2.05) is 0 Å². The van der Waals surface area contributed by atoms with E-state index < -0.39 is 27.7 Å². The summed E-state index contributed by atoms with van der Waals surface area (Å²) in [5.41, 5.74) is 0.827. The van der Waals surface area contributed by atoms with Gasteiger partial charge >= 0.3 is 5.97 Å². The van der Waals surface area contributed by atoms with Crippen LogP contribution in [-0.4, -0.2) is 33.9 Å². The Balaban J connectivity index is 2.25. The van der Waals surface area contributed by atoms with E-state index in [9.17, 15) is 22.4 Å². The summed E-state index contributed by atoms with van der Waals surface area (Å²) in [5.74, 6) is -1.72. The zero-order chi connectivity index (χ0) is 19.3. The lowest BCUT2D eigenvalue weighted by atomic mass is 10.1. The molecule has 2 N–H and O–H groups in total. The number of carbonyl (C=O) groups is 2. The lowest BCUT2D eigenvalue weighted by Gasteiger charge is -2.11. The average molecular weight is 380 g/mol. The minimum atomic E-state index is -3.98. The summed E-state index contributed by atoms with van der Waals surface area (Å²) in [6.07, 6.45) is 0. The number of carbonyl (C=O) groups excluding carboxylic acids is 2. The van der Waals surface area contributed by atoms with Crippen molar-refractivity contribution in [1.29, 1.82) is 0 Å². The second kappa shape index (κ2) is 7.96. The van der Waals surface area contributed by atoms with E-state index in [0.717, 1.165) is 12.1 Å². The number of nitrogens with one attached hydrogen (secondary N) is 2. The Hall–Kier alpha value is -2.94. The molecule has 2 rings (SSSR count). The zero-order valence-electron chi connectivity index (χ0n) is 14.1. The monoisotopic (exact) mass is 380 g/mol. The predicted molar refractivity (Wildman–Crippen MR) is 92.7 cm³/mol. The summed E-state index contributed by atoms with van der Waals surface area (Å²) in [6, 6.07) is 8.84. The van der Waals surface area contributed by atoms with Crippen molar-refractivity contribution in [2.75, 3.05) is 18.4 Å². The summed E-state index contributed by atoms with van der Waals surface area (Å²) in [6.45, 7) is 1.30. The number of benzene rings is 2. The number of rotatable bonds is 6. The maximum absolute atomic E-state index is 12.9. The lowest BCUT2D eigenvalue weighted by molar-refractivity contribution is -0.139. The molecule has 0 radical (unpaired) electrons. The zero-order valence-corrected chi connectivity index (χ0v) is 14.9. The van der Waals surface area contributed by atoms with Gasteiger partial charge in [-0.1, -0.05) is 6.07 Å². The SMILES string of the molecule is COC(=O)CNC(=O)c1cc(S(=O)(=O)Nc2ccc(F)cc2)ccc1C. The van der Waals surface area contributed by atoms with Crippen molar-refractivity contribution in [1.82, 2.24) is 5.32 Å². The fraction of sp³-hybridized carbons (Fsp3) is 0.176. The molecule has 0 saturated heterocycles. The van der Waals surface area contributed by atoms with Crippen LogP contribution in [-0.2, 0) is 19.6 Å². The fourth-order valence-electron chi connectivity index (χ4n) is 2.06. The highest BCUT2D eigenvalue weighted by atomic mass is 32.2. The molecule has 0 aliphatic carbocycles. The van der Waals surface area contributed by atoms with Gasteiger partial charge in [0.25, 0.3) is 15.9 Å². The normalized spacial score (nSPS) is 10.9. The van der Waals surface area contributed by atoms with Crippen LogP contribution in [0.4, 0.5) is 10.1 Å². The Kier molecular flexibility index (Phi) is 5.93. The van der Waals surface area contributed by atoms with Crippen LogP contribution in [0.15, 0.2) is 47.4 Å². The summed E-state index contributed by atoms with van der Waals surface area (Å²) >= 11 is 0. The molecule has 0 aromatic heterocycles. The van der Waals surface area contributed by atoms with E-state index in [0.29, 0.717) is 5.56 Å². The average Bonchev–Trinajstić information content (AvgIpc) is 2.61. The first kappa shape index (κ1) is 19.4. The lowest BCUT2D eigenvalue weighted by Crippen LogP contribution is -2.30. The number of amides is 1. The van der Waals surface area contributed by atoms with Crippen molar-refractivity contribution in [2.45, 2.75) is 11.8 Å². The summed E-state index contributed by atoms with van der Waals surface area (Å²) in [7, 11) is -2.79. The van der Waals surface area contributed by atoms with E-state index in [2.05, 4.69) is 14.8 Å². The molecule has 2 aromatic carbocycles. The fourth-order valence-corrected chi connectivity index (χ4v) is 3.15. The number of sulfonamides is 1. The molecule has 0 aliphatic heterocycles. The van der Waals surface area contributed by atoms with Gasteiger partial charge in [0.15, 0.2) is 0 Å². The molecule has 0 bridgehead atoms. The van der Waals surface area contributed by atoms with E-state index in [1.54, 1.807) is 6.92 Å². The Morgan fingerprint density at radius 1 is 1.12 bits per heavy atom. The van der Waals surface area contributed by atoms with Crippen LogP contribution < -0.4 is 10.0 Å². The highest BCUT2D eigenvalue weighted by Gasteiger charge is 2.18. The number of esters is 1. The molecule has 26 heavy (non-hydrogen) atoms. The second-order valence-electron chi connectivity index (χ2n) is 5.35. The predicted octanol–water partition coefficient (Wildman–Crippen LogP) is 1.84. The van der Waals surface area contributed by atoms with Gasteiger partial charge in [-0.05, 0) is 48.9 Å². The van der Waals surface area contributed by atoms with Gasteiger partial charge in [-0.3, -0.25) is 14.3 Å². The quantitative estimate of drug-likeness (QED) is 0.745. The number of halogens is 1. The van der Waals surface area contributed by atoms with Crippen molar-refractivity contribution >= 4 is 27.6 Å². The van der Waals surface area contributed by atoms with Crippen LogP contribution in [0.25, 0.3) is 0 Å². The van der Waals surface area contributed by atoms with Crippen LogP contribution in [0.5, 0.6) is 0 Å². The number of ether oxygens (including phenoxy) is 1. The molecule has 0 heterocycles. The van der Waals surface area contributed by atoms with E-state index in [1.165, 1.54) is 37.4 Å². The topological polar surface area (TPSA) is 102 Å². The smallest absolute Gasteiger partial charge is 0.325 e. The van der Waals surface area contributed by atoms with Gasteiger partial charge in [0.2, 0.25) is 0 Å². The first-order valence-corrected chi connectivity index (χ1v) is 8.95. The minimum absolute atomic E-state index is 0.107. The maximum atomic E-state index is 12.9. The Morgan fingerprint density at radius 2 is 1.77 bits per heavy atom. The van der Waals surface area contributed by atoms with Gasteiger partial charge in [0.1, 0.15) is 12.4 Å². The van der Waals surface area contributed by atoms with Crippen LogP contribution in [0.2, 0.25) is 0 Å². The molecule has 0 spiro atoms. The van der Waals surface area contributed by atoms with Crippen molar-refractivity contribution in [3.05, 3.63) is 59.4 Å². The van der Waals surface area contributed by atoms with Crippen molar-refractivity contribution in [3.8, 4) is 0 Å². The second-order valence-corrected chi connectivity index (χ2v) is 7.03. The molecular formula is C17H17FN2O5S. The highest BCUT2D eigenvalue weighted by molar-refractivity contribution is 7.92. The summed E-state index contributed by atoms with van der Waals surface area (Å²) < 4.78 is 44.6. The van der Waals surface area contributed by atoms with E-state index in [4.69, 9.17) is 0 Å². The van der Waals surface area contributed by atoms with Gasteiger partial charge < -0.3 is 10.1 Å². The number of anilines is 1. The first-order chi connectivity index (χ1) is 12.2. The van der Waals surface area contributed by atoms with Crippen LogP contribution in [0.1, 0.15) is 15.9 Å². The summed E-state index contributed by atoms with van der Waals surface area (Å²) in [4.78, 5) is 23.2. The molecule has 0 saturated carbocycles. The largest absolute Gasteiger partial charge is 0.468 e. The van der Waals surface area contributed by atoms with Gasteiger partial charge in [0.05, 0.1) is 12.0 Å². The third kappa shape index (κ3) is 4.79. The number of hydrogen-bond acceptors (Lipinski definition) is 5. The van der Waals surface area contributed by atoms with Crippen LogP contribution in [0, 0.1) is 12.7 Å². The van der Waals surface area contributed by atoms with Crippen LogP contribution >= 0.6 is 0 Å². The standard InChI is InChI=1S/C17H17FN2O5S/c1-11-3-8-14(9-15(11)17(22)19-10-16(21)25-2)26(23,24)20-13-6-4-12(18)5-7-13/h3-9,20H,10H2,1-2H3,(H,19,22). The third-order valence-corrected chi connectivity index (χ3v) is 4.86. The Labute approximate surface area is 150 Å². The highest BCUT2D eigenvalue weighted by Crippen LogP contribution is 2.19. The molecule has 1 amide bonds. The maximum Gasteiger partial charge on any atom is 0.325 e. The molecule has 0 fully saturated rings.